The number of aliphatic hydroxyl groups is 1. The third-order valence-electron chi connectivity index (χ3n) is 3.54. The number of carbonyl (C=O) groups excluding carboxylic acids is 1. The van der Waals surface area contributed by atoms with Crippen LogP contribution in [0.5, 0.6) is 0 Å². The zero-order valence-electron chi connectivity index (χ0n) is 11.0. The van der Waals surface area contributed by atoms with Gasteiger partial charge in [-0.3, -0.25) is 4.79 Å². The molecule has 1 heterocycles. The lowest BCUT2D eigenvalue weighted by Crippen LogP contribution is -2.46. The van der Waals surface area contributed by atoms with Crippen molar-refractivity contribution in [2.24, 2.45) is 0 Å². The molecule has 0 aliphatic carbocycles. The predicted molar refractivity (Wildman–Crippen MR) is 66.2 cm³/mol. The van der Waals surface area contributed by atoms with Gasteiger partial charge in [-0.2, -0.15) is 5.26 Å². The monoisotopic (exact) mass is 298 g/mol. The van der Waals surface area contributed by atoms with Crippen LogP contribution in [0.2, 0.25) is 0 Å². The number of aliphatic hydroxyl groups excluding tert-OH is 1. The van der Waals surface area contributed by atoms with E-state index in [1.807, 2.05) is 6.07 Å². The third-order valence-corrected chi connectivity index (χ3v) is 3.54. The van der Waals surface area contributed by atoms with Gasteiger partial charge in [-0.05, 0) is 30.5 Å². The van der Waals surface area contributed by atoms with Crippen LogP contribution in [0, 0.1) is 28.8 Å². The van der Waals surface area contributed by atoms with Crippen LogP contribution in [0.25, 0.3) is 0 Å². The highest BCUT2D eigenvalue weighted by Crippen LogP contribution is 2.30. The molecule has 1 saturated heterocycles. The van der Waals surface area contributed by atoms with Gasteiger partial charge in [-0.15, -0.1) is 0 Å². The average molecular weight is 298 g/mol. The van der Waals surface area contributed by atoms with Crippen LogP contribution in [0.1, 0.15) is 30.9 Å². The summed E-state index contributed by atoms with van der Waals surface area (Å²) in [4.78, 5) is 13.1. The summed E-state index contributed by atoms with van der Waals surface area (Å²) in [5, 5.41) is 18.6. The van der Waals surface area contributed by atoms with E-state index in [1.54, 1.807) is 0 Å². The van der Waals surface area contributed by atoms with Crippen LogP contribution < -0.4 is 0 Å². The Bertz CT molecular complexity index is 577. The Morgan fingerprint density at radius 1 is 1.38 bits per heavy atom. The SMILES string of the molecule is N#C[C@@H]1CCCC(=O)N1[C@@H](CO)c1cc(F)c(F)c(F)c1. The van der Waals surface area contributed by atoms with Crippen LogP contribution in [-0.2, 0) is 4.79 Å². The van der Waals surface area contributed by atoms with E-state index in [0.717, 1.165) is 17.0 Å². The molecule has 1 aliphatic heterocycles. The highest BCUT2D eigenvalue weighted by molar-refractivity contribution is 5.78. The van der Waals surface area contributed by atoms with Gasteiger partial charge in [-0.25, -0.2) is 13.2 Å². The molecule has 1 aliphatic rings. The van der Waals surface area contributed by atoms with E-state index >= 15 is 0 Å². The zero-order chi connectivity index (χ0) is 15.6. The molecular formula is C14H13F3N2O2. The number of benzene rings is 1. The Morgan fingerprint density at radius 3 is 2.52 bits per heavy atom. The Balaban J connectivity index is 2.43. The molecule has 0 aromatic heterocycles. The molecule has 1 amide bonds. The highest BCUT2D eigenvalue weighted by atomic mass is 19.2. The van der Waals surface area contributed by atoms with Gasteiger partial charge in [-0.1, -0.05) is 0 Å². The second-order valence-corrected chi connectivity index (χ2v) is 4.84. The molecule has 0 spiro atoms. The first-order valence-corrected chi connectivity index (χ1v) is 6.45. The fraction of sp³-hybridized carbons (Fsp3) is 0.429. The molecule has 112 valence electrons. The molecule has 2 atom stereocenters. The fourth-order valence-electron chi connectivity index (χ4n) is 2.53. The summed E-state index contributed by atoms with van der Waals surface area (Å²) >= 11 is 0. The van der Waals surface area contributed by atoms with Gasteiger partial charge >= 0.3 is 0 Å². The molecule has 1 aromatic rings. The number of nitriles is 1. The highest BCUT2D eigenvalue weighted by Gasteiger charge is 2.35. The third kappa shape index (κ3) is 2.85. The Hall–Kier alpha value is -2.07. The van der Waals surface area contributed by atoms with Gasteiger partial charge in [0, 0.05) is 6.42 Å². The Morgan fingerprint density at radius 2 is 2.00 bits per heavy atom. The molecule has 1 aromatic carbocycles. The van der Waals surface area contributed by atoms with E-state index in [4.69, 9.17) is 5.26 Å². The summed E-state index contributed by atoms with van der Waals surface area (Å²) in [6.07, 6.45) is 1.16. The maximum Gasteiger partial charge on any atom is 0.224 e. The second-order valence-electron chi connectivity index (χ2n) is 4.84. The van der Waals surface area contributed by atoms with E-state index in [0.29, 0.717) is 12.8 Å². The number of likely N-dealkylation sites (tertiary alicyclic amines) is 1. The van der Waals surface area contributed by atoms with Crippen LogP contribution in [0.4, 0.5) is 13.2 Å². The van der Waals surface area contributed by atoms with Gasteiger partial charge in [0.15, 0.2) is 17.5 Å². The number of rotatable bonds is 3. The summed E-state index contributed by atoms with van der Waals surface area (Å²) in [6.45, 7) is -0.617. The van der Waals surface area contributed by atoms with Crippen molar-refractivity contribution in [3.05, 3.63) is 35.1 Å². The quantitative estimate of drug-likeness (QED) is 0.869. The summed E-state index contributed by atoms with van der Waals surface area (Å²) < 4.78 is 39.6. The number of halogens is 3. The maximum absolute atomic E-state index is 13.3. The molecule has 0 saturated carbocycles. The van der Waals surface area contributed by atoms with Gasteiger partial charge in [0.2, 0.25) is 5.91 Å². The predicted octanol–water partition coefficient (Wildman–Crippen LogP) is 2.04. The van der Waals surface area contributed by atoms with E-state index in [9.17, 15) is 23.1 Å². The van der Waals surface area contributed by atoms with E-state index in [-0.39, 0.29) is 17.9 Å². The first-order chi connectivity index (χ1) is 9.99. The molecule has 0 bridgehead atoms. The van der Waals surface area contributed by atoms with Crippen molar-refractivity contribution < 1.29 is 23.1 Å². The molecule has 4 nitrogen and oxygen atoms in total. The Kier molecular flexibility index (Phi) is 4.48. The number of piperidine rings is 1. The summed E-state index contributed by atoms with van der Waals surface area (Å²) in [5.41, 5.74) is -0.0793. The van der Waals surface area contributed by atoms with Gasteiger partial charge in [0.05, 0.1) is 18.7 Å². The van der Waals surface area contributed by atoms with Gasteiger partial charge in [0.25, 0.3) is 0 Å². The van der Waals surface area contributed by atoms with Crippen LogP contribution in [0.15, 0.2) is 12.1 Å². The summed E-state index contributed by atoms with van der Waals surface area (Å²) in [5.74, 6) is -4.79. The van der Waals surface area contributed by atoms with E-state index in [1.165, 1.54) is 0 Å². The Labute approximate surface area is 119 Å². The fourth-order valence-corrected chi connectivity index (χ4v) is 2.53. The van der Waals surface area contributed by atoms with Crippen molar-refractivity contribution in [2.75, 3.05) is 6.61 Å². The largest absolute Gasteiger partial charge is 0.394 e. The smallest absolute Gasteiger partial charge is 0.224 e. The summed E-state index contributed by atoms with van der Waals surface area (Å²) in [6, 6.07) is 1.55. The van der Waals surface area contributed by atoms with Crippen molar-refractivity contribution in [3.8, 4) is 6.07 Å². The molecule has 1 N–H and O–H groups in total. The van der Waals surface area contributed by atoms with Crippen LogP contribution in [0.3, 0.4) is 0 Å². The van der Waals surface area contributed by atoms with E-state index in [2.05, 4.69) is 0 Å². The lowest BCUT2D eigenvalue weighted by Gasteiger charge is -2.37. The van der Waals surface area contributed by atoms with Crippen molar-refractivity contribution >= 4 is 5.91 Å². The van der Waals surface area contributed by atoms with Gasteiger partial charge in [0.1, 0.15) is 6.04 Å². The standard InChI is InChI=1S/C14H13F3N2O2/c15-10-4-8(5-11(16)14(10)17)12(7-20)19-9(6-18)2-1-3-13(19)21/h4-5,9,12,20H,1-3,7H2/t9-,12-/m0/s1. The molecular weight excluding hydrogens is 285 g/mol. The molecule has 2 rings (SSSR count). The lowest BCUT2D eigenvalue weighted by molar-refractivity contribution is -0.139. The van der Waals surface area contributed by atoms with Crippen molar-refractivity contribution in [3.63, 3.8) is 0 Å². The number of amides is 1. The second kappa shape index (κ2) is 6.14. The minimum Gasteiger partial charge on any atom is -0.394 e. The van der Waals surface area contributed by atoms with Gasteiger partial charge < -0.3 is 10.0 Å². The van der Waals surface area contributed by atoms with Crippen LogP contribution >= 0.6 is 0 Å². The number of carbonyl (C=O) groups is 1. The topological polar surface area (TPSA) is 64.3 Å². The normalized spacial score (nSPS) is 20.2. The molecule has 7 heteroatoms. The number of hydrogen-bond donors (Lipinski definition) is 1. The first kappa shape index (κ1) is 15.3. The van der Waals surface area contributed by atoms with E-state index < -0.39 is 36.1 Å². The lowest BCUT2D eigenvalue weighted by atomic mass is 9.96. The molecule has 0 unspecified atom stereocenters. The first-order valence-electron chi connectivity index (χ1n) is 6.45. The minimum absolute atomic E-state index is 0.0793. The number of hydrogen-bond acceptors (Lipinski definition) is 3. The summed E-state index contributed by atoms with van der Waals surface area (Å²) in [7, 11) is 0. The van der Waals surface area contributed by atoms with Crippen molar-refractivity contribution in [2.45, 2.75) is 31.3 Å². The number of nitrogens with zero attached hydrogens (tertiary/aromatic N) is 2. The van der Waals surface area contributed by atoms with Crippen molar-refractivity contribution in [1.82, 2.24) is 4.90 Å². The molecule has 21 heavy (non-hydrogen) atoms. The van der Waals surface area contributed by atoms with Crippen molar-refractivity contribution in [1.29, 1.82) is 5.26 Å². The molecule has 1 fully saturated rings. The maximum atomic E-state index is 13.3. The minimum atomic E-state index is -1.61. The zero-order valence-corrected chi connectivity index (χ0v) is 11.0. The molecule has 0 radical (unpaired) electrons. The van der Waals surface area contributed by atoms with Crippen LogP contribution in [-0.4, -0.2) is 28.6 Å². The average Bonchev–Trinajstić information content (AvgIpc) is 2.46.